The quantitative estimate of drug-likeness (QED) is 0.510. The number of aryl methyl sites for hydroxylation is 2. The Bertz CT molecular complexity index is 875. The van der Waals surface area contributed by atoms with E-state index in [9.17, 15) is 14.0 Å². The number of urea groups is 1. The number of aromatic nitrogens is 1. The average molecular weight is 400 g/mol. The number of hydrogen-bond acceptors (Lipinski definition) is 4. The molecule has 154 valence electrons. The van der Waals surface area contributed by atoms with Crippen LogP contribution < -0.4 is 16.0 Å². The van der Waals surface area contributed by atoms with Crippen molar-refractivity contribution in [3.05, 3.63) is 59.0 Å². The summed E-state index contributed by atoms with van der Waals surface area (Å²) in [6.07, 6.45) is 3.25. The molecule has 29 heavy (non-hydrogen) atoms. The van der Waals surface area contributed by atoms with Gasteiger partial charge in [-0.1, -0.05) is 18.2 Å². The zero-order valence-corrected chi connectivity index (χ0v) is 16.1. The van der Waals surface area contributed by atoms with Gasteiger partial charge in [-0.2, -0.15) is 0 Å². The number of halogens is 1. The first kappa shape index (κ1) is 20.6. The van der Waals surface area contributed by atoms with Gasteiger partial charge in [0, 0.05) is 18.8 Å². The molecule has 2 amide bonds. The van der Waals surface area contributed by atoms with Crippen molar-refractivity contribution in [2.24, 2.45) is 0 Å². The number of aliphatic carboxylic acids is 1. The number of anilines is 1. The molecule has 1 atom stereocenters. The second kappa shape index (κ2) is 9.86. The van der Waals surface area contributed by atoms with Crippen LogP contribution >= 0.6 is 0 Å². The van der Waals surface area contributed by atoms with Crippen molar-refractivity contribution in [1.29, 1.82) is 0 Å². The molecule has 0 aliphatic carbocycles. The predicted molar refractivity (Wildman–Crippen MR) is 107 cm³/mol. The van der Waals surface area contributed by atoms with E-state index in [0.29, 0.717) is 18.5 Å². The van der Waals surface area contributed by atoms with Crippen molar-refractivity contribution in [2.45, 2.75) is 38.1 Å². The maximum absolute atomic E-state index is 13.4. The van der Waals surface area contributed by atoms with Gasteiger partial charge in [0.1, 0.15) is 11.6 Å². The van der Waals surface area contributed by atoms with Gasteiger partial charge in [-0.25, -0.2) is 14.2 Å². The Hall–Kier alpha value is -3.16. The van der Waals surface area contributed by atoms with Crippen molar-refractivity contribution >= 4 is 17.8 Å². The summed E-state index contributed by atoms with van der Waals surface area (Å²) in [5.41, 5.74) is 2.61. The smallest absolute Gasteiger partial charge is 0.315 e. The van der Waals surface area contributed by atoms with E-state index in [2.05, 4.69) is 27.0 Å². The van der Waals surface area contributed by atoms with Gasteiger partial charge in [-0.15, -0.1) is 0 Å². The maximum Gasteiger partial charge on any atom is 0.315 e. The Balaban J connectivity index is 1.47. The molecule has 2 heterocycles. The van der Waals surface area contributed by atoms with E-state index in [1.807, 2.05) is 6.07 Å². The molecule has 0 saturated carbocycles. The summed E-state index contributed by atoms with van der Waals surface area (Å²) in [6, 6.07) is 8.39. The van der Waals surface area contributed by atoms with E-state index < -0.39 is 23.9 Å². The number of carboxylic acids is 1. The minimum absolute atomic E-state index is 0.330. The summed E-state index contributed by atoms with van der Waals surface area (Å²) >= 11 is 0. The lowest BCUT2D eigenvalue weighted by atomic mass is 10.0. The molecule has 7 nitrogen and oxygen atoms in total. The minimum atomic E-state index is -1.08. The summed E-state index contributed by atoms with van der Waals surface area (Å²) in [5, 5.41) is 17.7. The molecule has 4 N–H and O–H groups in total. The number of hydrogen-bond donors (Lipinski definition) is 4. The van der Waals surface area contributed by atoms with Gasteiger partial charge in [0.05, 0.1) is 12.5 Å². The van der Waals surface area contributed by atoms with E-state index in [4.69, 9.17) is 5.11 Å². The van der Waals surface area contributed by atoms with Crippen LogP contribution in [-0.2, 0) is 17.6 Å². The first-order valence-electron chi connectivity index (χ1n) is 9.75. The number of benzene rings is 1. The molecule has 3 rings (SSSR count). The molecule has 2 aromatic rings. The lowest BCUT2D eigenvalue weighted by Gasteiger charge is -2.18. The van der Waals surface area contributed by atoms with Crippen LogP contribution in [0, 0.1) is 5.82 Å². The molecule has 1 unspecified atom stereocenters. The van der Waals surface area contributed by atoms with Crippen LogP contribution in [0.1, 0.15) is 42.1 Å². The fourth-order valence-electron chi connectivity index (χ4n) is 3.34. The van der Waals surface area contributed by atoms with Crippen molar-refractivity contribution in [1.82, 2.24) is 15.6 Å². The van der Waals surface area contributed by atoms with Crippen LogP contribution in [0.3, 0.4) is 0 Å². The SMILES string of the molecule is O=C(O)CC(NC(=O)NCCCc1ccc2c(n1)NCCC2)c1cccc(F)c1. The van der Waals surface area contributed by atoms with Crippen LogP contribution in [-0.4, -0.2) is 35.2 Å². The van der Waals surface area contributed by atoms with Gasteiger partial charge in [0.25, 0.3) is 0 Å². The number of carbonyl (C=O) groups is 2. The fourth-order valence-corrected chi connectivity index (χ4v) is 3.34. The van der Waals surface area contributed by atoms with Gasteiger partial charge in [0.2, 0.25) is 0 Å². The molecule has 0 bridgehead atoms. The molecule has 1 aliphatic heterocycles. The minimum Gasteiger partial charge on any atom is -0.481 e. The second-order valence-corrected chi connectivity index (χ2v) is 7.05. The first-order chi connectivity index (χ1) is 14.0. The number of nitrogens with one attached hydrogen (secondary N) is 3. The Morgan fingerprint density at radius 2 is 2.14 bits per heavy atom. The highest BCUT2D eigenvalue weighted by molar-refractivity contribution is 5.76. The monoisotopic (exact) mass is 400 g/mol. The molecular formula is C21H25FN4O3. The maximum atomic E-state index is 13.4. The lowest BCUT2D eigenvalue weighted by molar-refractivity contribution is -0.137. The Morgan fingerprint density at radius 3 is 2.93 bits per heavy atom. The van der Waals surface area contributed by atoms with E-state index in [1.54, 1.807) is 6.07 Å². The van der Waals surface area contributed by atoms with Crippen LogP contribution in [0.2, 0.25) is 0 Å². The fraction of sp³-hybridized carbons (Fsp3) is 0.381. The topological polar surface area (TPSA) is 103 Å². The first-order valence-corrected chi connectivity index (χ1v) is 9.75. The zero-order chi connectivity index (χ0) is 20.6. The van der Waals surface area contributed by atoms with Crippen LogP contribution in [0.25, 0.3) is 0 Å². The summed E-state index contributed by atoms with van der Waals surface area (Å²) in [7, 11) is 0. The van der Waals surface area contributed by atoms with Crippen LogP contribution in [0.4, 0.5) is 15.0 Å². The van der Waals surface area contributed by atoms with Crippen molar-refractivity contribution in [3.63, 3.8) is 0 Å². The number of fused-ring (bicyclic) bond motifs is 1. The standard InChI is InChI=1S/C21H25FN4O3/c22-16-6-1-4-15(12-16)18(13-19(27)28)26-21(29)24-11-3-7-17-9-8-14-5-2-10-23-20(14)25-17/h1,4,6,8-9,12,18H,2-3,5,7,10-11,13H2,(H,23,25)(H,27,28)(H2,24,26,29). The van der Waals surface area contributed by atoms with E-state index in [-0.39, 0.29) is 6.42 Å². The molecule has 8 heteroatoms. The molecule has 0 spiro atoms. The third-order valence-corrected chi connectivity index (χ3v) is 4.78. The van der Waals surface area contributed by atoms with Gasteiger partial charge in [-0.05, 0) is 55.0 Å². The second-order valence-electron chi connectivity index (χ2n) is 7.05. The Morgan fingerprint density at radius 1 is 1.28 bits per heavy atom. The van der Waals surface area contributed by atoms with E-state index in [1.165, 1.54) is 23.8 Å². The predicted octanol–water partition coefficient (Wildman–Crippen LogP) is 3.03. The highest BCUT2D eigenvalue weighted by atomic mass is 19.1. The lowest BCUT2D eigenvalue weighted by Crippen LogP contribution is -2.39. The summed E-state index contributed by atoms with van der Waals surface area (Å²) in [6.45, 7) is 1.36. The highest BCUT2D eigenvalue weighted by Crippen LogP contribution is 2.20. The largest absolute Gasteiger partial charge is 0.481 e. The highest BCUT2D eigenvalue weighted by Gasteiger charge is 2.18. The summed E-state index contributed by atoms with van der Waals surface area (Å²) in [4.78, 5) is 27.9. The normalized spacial score (nSPS) is 13.7. The molecule has 1 aliphatic rings. The van der Waals surface area contributed by atoms with Crippen molar-refractivity contribution in [3.8, 4) is 0 Å². The van der Waals surface area contributed by atoms with Gasteiger partial charge in [0.15, 0.2) is 0 Å². The Labute approximate surface area is 168 Å². The molecule has 1 aromatic carbocycles. The van der Waals surface area contributed by atoms with Gasteiger partial charge in [-0.3, -0.25) is 4.79 Å². The number of carbonyl (C=O) groups excluding carboxylic acids is 1. The number of nitrogens with zero attached hydrogens (tertiary/aromatic N) is 1. The van der Waals surface area contributed by atoms with Crippen molar-refractivity contribution in [2.75, 3.05) is 18.4 Å². The zero-order valence-electron chi connectivity index (χ0n) is 16.1. The molecular weight excluding hydrogens is 375 g/mol. The number of rotatable bonds is 8. The van der Waals surface area contributed by atoms with Gasteiger partial charge < -0.3 is 21.1 Å². The van der Waals surface area contributed by atoms with Gasteiger partial charge >= 0.3 is 12.0 Å². The Kier molecular flexibility index (Phi) is 6.99. The average Bonchev–Trinajstić information content (AvgIpc) is 2.70. The van der Waals surface area contributed by atoms with Crippen LogP contribution in [0.15, 0.2) is 36.4 Å². The van der Waals surface area contributed by atoms with Crippen LogP contribution in [0.5, 0.6) is 0 Å². The molecule has 0 fully saturated rings. The summed E-state index contributed by atoms with van der Waals surface area (Å²) < 4.78 is 13.4. The third kappa shape index (κ3) is 6.17. The molecule has 0 radical (unpaired) electrons. The number of carboxylic acid groups (broad SMARTS) is 1. The van der Waals surface area contributed by atoms with E-state index >= 15 is 0 Å². The third-order valence-electron chi connectivity index (χ3n) is 4.78. The molecule has 1 aromatic heterocycles. The number of amides is 2. The van der Waals surface area contributed by atoms with Crippen molar-refractivity contribution < 1.29 is 19.1 Å². The van der Waals surface area contributed by atoms with E-state index in [0.717, 1.165) is 37.3 Å². The number of pyridine rings is 1. The molecule has 0 saturated heterocycles. The summed E-state index contributed by atoms with van der Waals surface area (Å²) in [5.74, 6) is -0.607.